The van der Waals surface area contributed by atoms with Crippen LogP contribution in [0.25, 0.3) is 0 Å². The second-order valence-electron chi connectivity index (χ2n) is 7.03. The lowest BCUT2D eigenvalue weighted by atomic mass is 9.83. The fourth-order valence-corrected chi connectivity index (χ4v) is 4.68. The summed E-state index contributed by atoms with van der Waals surface area (Å²) < 4.78 is 0. The number of rotatable bonds is 7. The maximum absolute atomic E-state index is 9.71. The highest BCUT2D eigenvalue weighted by molar-refractivity contribution is 7.99. The SMILES string of the molecule is OCC(CNc1cc(N2CCSCC2)ncn1)CC1CCCCC1. The van der Waals surface area contributed by atoms with Crippen LogP contribution in [0.15, 0.2) is 12.4 Å². The van der Waals surface area contributed by atoms with Gasteiger partial charge < -0.3 is 15.3 Å². The van der Waals surface area contributed by atoms with E-state index in [9.17, 15) is 5.11 Å². The van der Waals surface area contributed by atoms with E-state index < -0.39 is 0 Å². The minimum atomic E-state index is 0.255. The Hall–Kier alpha value is -1.01. The van der Waals surface area contributed by atoms with Gasteiger partial charge in [-0.1, -0.05) is 32.1 Å². The van der Waals surface area contributed by atoms with Crippen LogP contribution in [0.5, 0.6) is 0 Å². The normalized spacial score (nSPS) is 20.8. The summed E-state index contributed by atoms with van der Waals surface area (Å²) in [5.74, 6) is 5.34. The van der Waals surface area contributed by atoms with Crippen molar-refractivity contribution >= 4 is 23.4 Å². The highest BCUT2D eigenvalue weighted by Gasteiger charge is 2.19. The van der Waals surface area contributed by atoms with Gasteiger partial charge >= 0.3 is 0 Å². The molecule has 1 atom stereocenters. The van der Waals surface area contributed by atoms with E-state index in [2.05, 4.69) is 20.2 Å². The number of nitrogens with one attached hydrogen (secondary N) is 1. The second-order valence-corrected chi connectivity index (χ2v) is 8.25. The third kappa shape index (κ3) is 5.24. The Morgan fingerprint density at radius 1 is 1.21 bits per heavy atom. The van der Waals surface area contributed by atoms with Gasteiger partial charge in [-0.3, -0.25) is 0 Å². The van der Waals surface area contributed by atoms with E-state index in [1.165, 1.54) is 43.6 Å². The molecular formula is C18H30N4OS. The molecule has 134 valence electrons. The number of aliphatic hydroxyl groups excluding tert-OH is 1. The van der Waals surface area contributed by atoms with E-state index in [0.29, 0.717) is 5.92 Å². The van der Waals surface area contributed by atoms with Crippen LogP contribution >= 0.6 is 11.8 Å². The van der Waals surface area contributed by atoms with Crippen LogP contribution in [-0.4, -0.2) is 52.8 Å². The molecular weight excluding hydrogens is 320 g/mol. The van der Waals surface area contributed by atoms with Gasteiger partial charge in [0.2, 0.25) is 0 Å². The van der Waals surface area contributed by atoms with E-state index in [0.717, 1.165) is 43.6 Å². The highest BCUT2D eigenvalue weighted by atomic mass is 32.2. The minimum absolute atomic E-state index is 0.255. The molecule has 2 N–H and O–H groups in total. The smallest absolute Gasteiger partial charge is 0.134 e. The van der Waals surface area contributed by atoms with E-state index in [4.69, 9.17) is 0 Å². The Labute approximate surface area is 149 Å². The average molecular weight is 351 g/mol. The van der Waals surface area contributed by atoms with Gasteiger partial charge in [-0.2, -0.15) is 11.8 Å². The third-order valence-corrected chi connectivity index (χ3v) is 6.15. The Morgan fingerprint density at radius 2 is 2.00 bits per heavy atom. The van der Waals surface area contributed by atoms with Crippen LogP contribution in [0.4, 0.5) is 11.6 Å². The van der Waals surface area contributed by atoms with Crippen LogP contribution < -0.4 is 10.2 Å². The molecule has 1 aliphatic heterocycles. The average Bonchev–Trinajstić information content (AvgIpc) is 2.67. The summed E-state index contributed by atoms with van der Waals surface area (Å²) in [5.41, 5.74) is 0. The lowest BCUT2D eigenvalue weighted by Crippen LogP contribution is -2.33. The molecule has 3 rings (SSSR count). The zero-order chi connectivity index (χ0) is 16.6. The molecule has 0 spiro atoms. The number of nitrogens with zero attached hydrogens (tertiary/aromatic N) is 3. The summed E-state index contributed by atoms with van der Waals surface area (Å²) in [6, 6.07) is 2.05. The number of anilines is 2. The van der Waals surface area contributed by atoms with E-state index in [1.54, 1.807) is 6.33 Å². The van der Waals surface area contributed by atoms with Crippen molar-refractivity contribution < 1.29 is 5.11 Å². The molecule has 1 saturated carbocycles. The molecule has 6 heteroatoms. The maximum Gasteiger partial charge on any atom is 0.134 e. The molecule has 5 nitrogen and oxygen atoms in total. The Balaban J connectivity index is 1.50. The first-order valence-corrected chi connectivity index (χ1v) is 10.5. The lowest BCUT2D eigenvalue weighted by molar-refractivity contribution is 0.192. The minimum Gasteiger partial charge on any atom is -0.396 e. The zero-order valence-electron chi connectivity index (χ0n) is 14.5. The van der Waals surface area contributed by atoms with Gasteiger partial charge in [0.25, 0.3) is 0 Å². The molecule has 24 heavy (non-hydrogen) atoms. The molecule has 1 aromatic heterocycles. The number of thioether (sulfide) groups is 1. The quantitative estimate of drug-likeness (QED) is 0.788. The van der Waals surface area contributed by atoms with Crippen molar-refractivity contribution in [1.29, 1.82) is 0 Å². The molecule has 1 aromatic rings. The Morgan fingerprint density at radius 3 is 2.75 bits per heavy atom. The molecule has 2 aliphatic rings. The van der Waals surface area contributed by atoms with E-state index in [1.807, 2.05) is 17.8 Å². The predicted octanol–water partition coefficient (Wildman–Crippen LogP) is 3.02. The van der Waals surface area contributed by atoms with Crippen molar-refractivity contribution in [3.8, 4) is 0 Å². The zero-order valence-corrected chi connectivity index (χ0v) is 15.3. The van der Waals surface area contributed by atoms with Crippen molar-refractivity contribution in [3.63, 3.8) is 0 Å². The third-order valence-electron chi connectivity index (χ3n) is 5.21. The first kappa shape index (κ1) is 17.8. The lowest BCUT2D eigenvalue weighted by Gasteiger charge is -2.28. The van der Waals surface area contributed by atoms with E-state index >= 15 is 0 Å². The maximum atomic E-state index is 9.71. The fourth-order valence-electron chi connectivity index (χ4n) is 3.77. The molecule has 1 unspecified atom stereocenters. The molecule has 1 aliphatic carbocycles. The summed E-state index contributed by atoms with van der Waals surface area (Å²) in [6.45, 7) is 3.16. The van der Waals surface area contributed by atoms with Crippen molar-refractivity contribution in [2.24, 2.45) is 11.8 Å². The molecule has 1 saturated heterocycles. The molecule has 0 amide bonds. The molecule has 0 bridgehead atoms. The van der Waals surface area contributed by atoms with Gasteiger partial charge in [0, 0.05) is 43.8 Å². The van der Waals surface area contributed by atoms with Crippen LogP contribution in [0.3, 0.4) is 0 Å². The second kappa shape index (κ2) is 9.47. The highest BCUT2D eigenvalue weighted by Crippen LogP contribution is 2.29. The largest absolute Gasteiger partial charge is 0.396 e. The van der Waals surface area contributed by atoms with Gasteiger partial charge in [-0.25, -0.2) is 9.97 Å². The summed E-state index contributed by atoms with van der Waals surface area (Å²) in [4.78, 5) is 11.1. The summed E-state index contributed by atoms with van der Waals surface area (Å²) >= 11 is 2.00. The van der Waals surface area contributed by atoms with Crippen molar-refractivity contribution in [1.82, 2.24) is 9.97 Å². The van der Waals surface area contributed by atoms with Crippen molar-refractivity contribution in [3.05, 3.63) is 12.4 Å². The first-order chi connectivity index (χ1) is 11.8. The molecule has 0 aromatic carbocycles. The number of aliphatic hydroxyl groups is 1. The number of aromatic nitrogens is 2. The molecule has 0 radical (unpaired) electrons. The topological polar surface area (TPSA) is 61.3 Å². The van der Waals surface area contributed by atoms with Crippen LogP contribution in [0, 0.1) is 11.8 Å². The summed E-state index contributed by atoms with van der Waals surface area (Å²) in [6.07, 6.45) is 9.55. The number of hydrogen-bond donors (Lipinski definition) is 2. The molecule has 2 fully saturated rings. The van der Waals surface area contributed by atoms with Gasteiger partial charge in [0.1, 0.15) is 18.0 Å². The standard InChI is InChI=1S/C18H30N4OS/c23-13-16(10-15-4-2-1-3-5-15)12-19-17-11-18(21-14-20-17)22-6-8-24-9-7-22/h11,14-16,23H,1-10,12-13H2,(H,19,20,21). The molecule has 2 heterocycles. The number of hydrogen-bond acceptors (Lipinski definition) is 6. The predicted molar refractivity (Wildman–Crippen MR) is 102 cm³/mol. The monoisotopic (exact) mass is 350 g/mol. The van der Waals surface area contributed by atoms with Gasteiger partial charge in [0.05, 0.1) is 0 Å². The fraction of sp³-hybridized carbons (Fsp3) is 0.778. The summed E-state index contributed by atoms with van der Waals surface area (Å²) in [5, 5.41) is 13.1. The van der Waals surface area contributed by atoms with Gasteiger partial charge in [0.15, 0.2) is 0 Å². The first-order valence-electron chi connectivity index (χ1n) is 9.34. The Kier molecular flexibility index (Phi) is 7.02. The van der Waals surface area contributed by atoms with Crippen LogP contribution in [0.1, 0.15) is 38.5 Å². The van der Waals surface area contributed by atoms with Crippen molar-refractivity contribution in [2.75, 3.05) is 48.0 Å². The van der Waals surface area contributed by atoms with Gasteiger partial charge in [-0.05, 0) is 18.3 Å². The van der Waals surface area contributed by atoms with Crippen LogP contribution in [0.2, 0.25) is 0 Å². The van der Waals surface area contributed by atoms with Gasteiger partial charge in [-0.15, -0.1) is 0 Å². The summed E-state index contributed by atoms with van der Waals surface area (Å²) in [7, 11) is 0. The van der Waals surface area contributed by atoms with Crippen molar-refractivity contribution in [2.45, 2.75) is 38.5 Å². The van der Waals surface area contributed by atoms with Crippen LogP contribution in [-0.2, 0) is 0 Å². The Bertz CT molecular complexity index is 490. The van der Waals surface area contributed by atoms with E-state index in [-0.39, 0.29) is 6.61 Å².